The first kappa shape index (κ1) is 81.6. The van der Waals surface area contributed by atoms with Crippen molar-refractivity contribution in [3.8, 4) is 33.3 Å². The number of carbonyl (C=O) groups is 9. The van der Waals surface area contributed by atoms with Gasteiger partial charge in [-0.25, -0.2) is 14.6 Å². The van der Waals surface area contributed by atoms with Gasteiger partial charge in [-0.2, -0.15) is 0 Å². The van der Waals surface area contributed by atoms with Crippen molar-refractivity contribution in [2.45, 2.75) is 148 Å². The predicted molar refractivity (Wildman–Crippen MR) is 417 cm³/mol. The van der Waals surface area contributed by atoms with Crippen molar-refractivity contribution in [3.05, 3.63) is 128 Å². The molecule has 0 radical (unpaired) electrons. The number of thiazole rings is 1. The number of rotatable bonds is 32. The van der Waals surface area contributed by atoms with Crippen LogP contribution in [0, 0.1) is 24.7 Å². The number of hydrogen-bond donors (Lipinski definition) is 8. The highest BCUT2D eigenvalue weighted by Gasteiger charge is 2.45. The number of likely N-dealkylation sites (tertiary alicyclic amines) is 2. The molecule has 5 aliphatic rings. The number of hydrogen-bond acceptors (Lipinski definition) is 22. The number of para-hydroxylation sites is 1. The van der Waals surface area contributed by atoms with Crippen molar-refractivity contribution in [2.24, 2.45) is 23.5 Å². The molecule has 33 heteroatoms. The summed E-state index contributed by atoms with van der Waals surface area (Å²) in [5.41, 5.74) is 11.9. The van der Waals surface area contributed by atoms with Gasteiger partial charge in [0.05, 0.1) is 52.2 Å². The molecule has 8 heterocycles. The van der Waals surface area contributed by atoms with Crippen LogP contribution in [-0.2, 0) is 38.3 Å². The number of β-amino-alcohol motifs (C(OH)–C–C–N with tert-alkyl or cyclic N) is 1. The highest BCUT2D eigenvalue weighted by Crippen LogP contribution is 2.41. The maximum atomic E-state index is 15.1. The minimum Gasteiger partial charge on any atom is -0.507 e. The number of nitrogens with two attached hydrogens (primary N) is 1. The number of aliphatic hydroxyl groups is 1. The predicted octanol–water partition coefficient (Wildman–Crippen LogP) is 7.91. The van der Waals surface area contributed by atoms with Crippen LogP contribution in [0.3, 0.4) is 0 Å². The second-order valence-electron chi connectivity index (χ2n) is 29.3. The number of imide groups is 1. The molecule has 588 valence electrons. The number of primary amides is 1. The molecule has 3 aromatic carbocycles. The van der Waals surface area contributed by atoms with Crippen molar-refractivity contribution >= 4 is 108 Å². The van der Waals surface area contributed by atoms with Gasteiger partial charge in [-0.1, -0.05) is 101 Å². The highest BCUT2D eigenvalue weighted by atomic mass is 79.9. The molecule has 3 saturated heterocycles. The number of fused-ring (bicyclic) bond motifs is 3. The first-order valence-corrected chi connectivity index (χ1v) is 39.9. The van der Waals surface area contributed by atoms with Gasteiger partial charge in [0, 0.05) is 82.4 Å². The summed E-state index contributed by atoms with van der Waals surface area (Å²) in [6, 6.07) is 22.1. The van der Waals surface area contributed by atoms with E-state index in [0.29, 0.717) is 86.2 Å². The summed E-state index contributed by atoms with van der Waals surface area (Å²) < 4.78 is 18.6. The number of phenols is 1. The molecule has 11 rings (SSSR count). The van der Waals surface area contributed by atoms with Gasteiger partial charge in [-0.15, -0.1) is 21.5 Å². The van der Waals surface area contributed by atoms with Gasteiger partial charge in [0.1, 0.15) is 45.4 Å². The number of nitrogens with zero attached hydrogens (tertiary/aromatic N) is 10. The standard InChI is InChI=1S/C77H96Br2N16O14S/c1-44(2)63(73(102)94-42-53(96)36-58(94)70(100)83-46(5)49-22-24-50(25-23-49)67-47(6)82-43-110-67)60-38-62(89-109-60)107-35-34-90-30-26-48(27-31-90)39-91-32-33-92-52(40-91)41-95(68-57(92)37-56(87-88-68)54-18-12-13-20-59(54)97)77(106)108-72(51-16-9-7-10-17-51)86-69(99)55(19-15-28-81-76(80)105)84-71(101)66(45(3)4)85-61(98)21-11-8-14-29-93-74(103)64(78)65(79)75(93)104/h7,9-10,12-13,16-18,20,22-25,37-38,43-46,48,52-53,55,58,63,66,72,96-97H,8,11,14-15,19,21,26-36,39-42H2,1-6H3,(H,83,100)(H,84,101)(H,85,98)(H,86,99)(H3,80,81,105)/t46-,52+,53+,55-,58-,63+,66-,72?/m0/s1. The van der Waals surface area contributed by atoms with Gasteiger partial charge in [-0.3, -0.25) is 53.2 Å². The van der Waals surface area contributed by atoms with Crippen LogP contribution in [-0.4, -0.2) is 212 Å². The monoisotopic (exact) mass is 1660 g/mol. The first-order chi connectivity index (χ1) is 52.8. The van der Waals surface area contributed by atoms with E-state index in [1.54, 1.807) is 85.8 Å². The third-order valence-electron chi connectivity index (χ3n) is 20.8. The van der Waals surface area contributed by atoms with E-state index in [2.05, 4.69) is 93.5 Å². The molecule has 0 aliphatic carbocycles. The summed E-state index contributed by atoms with van der Waals surface area (Å²) in [6.45, 7) is 16.7. The molecule has 3 aromatic heterocycles. The van der Waals surface area contributed by atoms with Gasteiger partial charge in [0.2, 0.25) is 35.8 Å². The van der Waals surface area contributed by atoms with E-state index in [1.807, 2.05) is 63.5 Å². The molecule has 10 amide bonds. The van der Waals surface area contributed by atoms with E-state index in [0.717, 1.165) is 59.1 Å². The Morgan fingerprint density at radius 1 is 0.764 bits per heavy atom. The van der Waals surface area contributed by atoms with Gasteiger partial charge in [-0.05, 0) is 150 Å². The number of aromatic nitrogens is 4. The molecule has 0 spiro atoms. The Morgan fingerprint density at radius 2 is 1.49 bits per heavy atom. The van der Waals surface area contributed by atoms with E-state index in [1.165, 1.54) is 9.80 Å². The third kappa shape index (κ3) is 20.2. The number of aromatic hydroxyl groups is 1. The number of urea groups is 1. The fourth-order valence-corrected chi connectivity index (χ4v) is 16.3. The minimum absolute atomic E-state index is 0.00195. The summed E-state index contributed by atoms with van der Waals surface area (Å²) in [5, 5.41) is 49.3. The molecule has 1 unspecified atom stereocenters. The van der Waals surface area contributed by atoms with E-state index >= 15 is 4.79 Å². The molecule has 0 saturated carbocycles. The van der Waals surface area contributed by atoms with E-state index in [-0.39, 0.29) is 108 Å². The molecular weight excluding hydrogens is 1560 g/mol. The maximum Gasteiger partial charge on any atom is 0.417 e. The number of carbonyl (C=O) groups excluding carboxylic acids is 9. The van der Waals surface area contributed by atoms with Gasteiger partial charge >= 0.3 is 12.1 Å². The molecule has 0 bridgehead atoms. The average molecular weight is 1660 g/mol. The van der Waals surface area contributed by atoms with Crippen molar-refractivity contribution in [1.82, 2.24) is 66.5 Å². The largest absolute Gasteiger partial charge is 0.507 e. The second-order valence-corrected chi connectivity index (χ2v) is 31.7. The first-order valence-electron chi connectivity index (χ1n) is 37.4. The smallest absolute Gasteiger partial charge is 0.417 e. The van der Waals surface area contributed by atoms with Crippen LogP contribution < -0.4 is 46.9 Å². The zero-order valence-corrected chi connectivity index (χ0v) is 66.4. The number of anilines is 2. The summed E-state index contributed by atoms with van der Waals surface area (Å²) in [7, 11) is 0. The Kier molecular flexibility index (Phi) is 27.8. The number of phenolic OH excluding ortho intramolecular Hbond substituents is 1. The summed E-state index contributed by atoms with van der Waals surface area (Å²) in [5.74, 6) is -3.78. The lowest BCUT2D eigenvalue weighted by Gasteiger charge is -2.48. The highest BCUT2D eigenvalue weighted by molar-refractivity contribution is 9.14. The molecule has 6 aromatic rings. The summed E-state index contributed by atoms with van der Waals surface area (Å²) >= 11 is 7.83. The lowest BCUT2D eigenvalue weighted by molar-refractivity contribution is -0.141. The Hall–Kier alpha value is -9.41. The number of nitrogens with one attached hydrogen (secondary N) is 5. The van der Waals surface area contributed by atoms with Gasteiger partial charge < -0.3 is 66.3 Å². The Labute approximate surface area is 659 Å². The quantitative estimate of drug-likeness (QED) is 0.0113. The minimum atomic E-state index is -1.43. The number of aryl methyl sites for hydroxylation is 1. The molecule has 5 aliphatic heterocycles. The maximum absolute atomic E-state index is 15.1. The van der Waals surface area contributed by atoms with E-state index in [4.69, 9.17) is 19.7 Å². The molecule has 110 heavy (non-hydrogen) atoms. The van der Waals surface area contributed by atoms with Crippen LogP contribution in [0.4, 0.5) is 21.1 Å². The number of ether oxygens (including phenoxy) is 2. The summed E-state index contributed by atoms with van der Waals surface area (Å²) in [6.07, 6.45) is 0.333. The van der Waals surface area contributed by atoms with Crippen LogP contribution in [0.1, 0.15) is 133 Å². The fourth-order valence-electron chi connectivity index (χ4n) is 14.7. The van der Waals surface area contributed by atoms with Crippen molar-refractivity contribution < 1.29 is 67.4 Å². The Bertz CT molecular complexity index is 4290. The molecular formula is C77H96Br2N16O14S. The van der Waals surface area contributed by atoms with E-state index in [9.17, 15) is 48.6 Å². The van der Waals surface area contributed by atoms with Crippen LogP contribution in [0.2, 0.25) is 0 Å². The molecule has 3 fully saturated rings. The average Bonchev–Trinajstić information content (AvgIpc) is 1.07. The number of amides is 10. The van der Waals surface area contributed by atoms with Crippen molar-refractivity contribution in [2.75, 3.05) is 88.4 Å². The van der Waals surface area contributed by atoms with Crippen molar-refractivity contribution in [1.29, 1.82) is 0 Å². The number of piperazine rings is 1. The van der Waals surface area contributed by atoms with Crippen LogP contribution in [0.25, 0.3) is 21.7 Å². The zero-order chi connectivity index (χ0) is 78.4. The normalized spacial score (nSPS) is 19.0. The SMILES string of the molecule is Cc1ncsc1-c1ccc([C@H](C)NC(=O)[C@@H]2C[C@@H](O)CN2C(=O)[C@@H](c2cc(OCCN3CCC(CN4CCN5c6cc(-c7ccccc7O)nnc6N(C(=O)OC(NC(=O)[C@H](CCCNC(N)=O)NC(=O)[C@@H](NC(=O)CCCCCN6C(=O)C(Br)=C(Br)C6=O)C(C)C)c6ccccc6)C[C@H]5C4)CC3)no2)C(C)C)cc1. The Balaban J connectivity index is 0.694. The third-order valence-corrected chi connectivity index (χ3v) is 23.7. The van der Waals surface area contributed by atoms with Crippen LogP contribution in [0.15, 0.2) is 110 Å². The van der Waals surface area contributed by atoms with E-state index < -0.39 is 84.0 Å². The topological polar surface area (TPSA) is 383 Å². The molecule has 8 atom stereocenters. The number of unbranched alkanes of at least 4 members (excludes halogenated alkanes) is 2. The number of benzene rings is 3. The second kappa shape index (κ2) is 37.5. The van der Waals surface area contributed by atoms with Gasteiger partial charge in [0.15, 0.2) is 11.6 Å². The lowest BCUT2D eigenvalue weighted by atomic mass is 9.91. The number of piperidine rings is 1. The lowest BCUT2D eigenvalue weighted by Crippen LogP contribution is -2.61. The summed E-state index contributed by atoms with van der Waals surface area (Å²) in [4.78, 5) is 139. The zero-order valence-electron chi connectivity index (χ0n) is 62.4. The fraction of sp³-hybridized carbons (Fsp3) is 0.494. The Morgan fingerprint density at radius 3 is 2.18 bits per heavy atom. The van der Waals surface area contributed by atoms with Crippen molar-refractivity contribution in [3.63, 3.8) is 0 Å². The van der Waals surface area contributed by atoms with Crippen LogP contribution in [0.5, 0.6) is 11.6 Å². The number of halogens is 2. The van der Waals surface area contributed by atoms with Gasteiger partial charge in [0.25, 0.3) is 17.7 Å². The number of aliphatic hydroxyl groups excluding tert-OH is 1. The van der Waals surface area contributed by atoms with Crippen LogP contribution >= 0.6 is 43.2 Å². The molecule has 9 N–H and O–H groups in total. The molecule has 30 nitrogen and oxygen atoms in total.